The van der Waals surface area contributed by atoms with E-state index in [1.54, 1.807) is 26.4 Å². The molecule has 2 rings (SSSR count). The van der Waals surface area contributed by atoms with Gasteiger partial charge in [-0.2, -0.15) is 0 Å². The van der Waals surface area contributed by atoms with Crippen LogP contribution in [-0.4, -0.2) is 14.2 Å². The van der Waals surface area contributed by atoms with Crippen molar-refractivity contribution in [3.05, 3.63) is 45.9 Å². The van der Waals surface area contributed by atoms with Crippen LogP contribution in [0.15, 0.2) is 30.3 Å². The average molecular weight is 312 g/mol. The highest BCUT2D eigenvalue weighted by Gasteiger charge is 2.14. The van der Waals surface area contributed by atoms with E-state index in [0.717, 1.165) is 16.7 Å². The summed E-state index contributed by atoms with van der Waals surface area (Å²) in [4.78, 5) is 0. The Morgan fingerprint density at radius 2 is 1.60 bits per heavy atom. The van der Waals surface area contributed by atoms with Crippen molar-refractivity contribution in [1.82, 2.24) is 0 Å². The number of hydrogen-bond acceptors (Lipinski definition) is 3. The minimum Gasteiger partial charge on any atom is -0.493 e. The normalized spacial score (nSPS) is 10.4. The Morgan fingerprint density at radius 3 is 2.20 bits per heavy atom. The molecule has 106 valence electrons. The third-order valence-corrected chi connectivity index (χ3v) is 3.61. The molecule has 0 radical (unpaired) electrons. The lowest BCUT2D eigenvalue weighted by Crippen LogP contribution is -2.02. The number of rotatable bonds is 4. The molecule has 2 aromatic carbocycles. The Balaban J connectivity index is 2.69. The van der Waals surface area contributed by atoms with Crippen molar-refractivity contribution in [1.29, 1.82) is 0 Å². The summed E-state index contributed by atoms with van der Waals surface area (Å²) < 4.78 is 10.6. The van der Waals surface area contributed by atoms with E-state index in [1.807, 2.05) is 18.2 Å². The van der Waals surface area contributed by atoms with Gasteiger partial charge in [-0.3, -0.25) is 0 Å². The maximum Gasteiger partial charge on any atom is 0.161 e. The predicted octanol–water partition coefficient (Wildman–Crippen LogP) is 4.14. The Labute approximate surface area is 128 Å². The second-order valence-electron chi connectivity index (χ2n) is 4.19. The van der Waals surface area contributed by atoms with Gasteiger partial charge in [0.05, 0.1) is 14.2 Å². The minimum atomic E-state index is 0.360. The quantitative estimate of drug-likeness (QED) is 0.923. The predicted molar refractivity (Wildman–Crippen MR) is 82.9 cm³/mol. The number of nitrogens with two attached hydrogens (primary N) is 1. The molecule has 0 aliphatic carbocycles. The van der Waals surface area contributed by atoms with E-state index in [1.165, 1.54) is 0 Å². The largest absolute Gasteiger partial charge is 0.493 e. The van der Waals surface area contributed by atoms with Crippen LogP contribution < -0.4 is 15.2 Å². The van der Waals surface area contributed by atoms with Gasteiger partial charge in [-0.05, 0) is 41.5 Å². The summed E-state index contributed by atoms with van der Waals surface area (Å²) in [6, 6.07) is 9.03. The number of benzene rings is 2. The zero-order chi connectivity index (χ0) is 14.7. The van der Waals surface area contributed by atoms with Gasteiger partial charge in [-0.25, -0.2) is 0 Å². The summed E-state index contributed by atoms with van der Waals surface area (Å²) in [6.45, 7) is 0.360. The van der Waals surface area contributed by atoms with E-state index in [2.05, 4.69) is 0 Å². The summed E-state index contributed by atoms with van der Waals surface area (Å²) in [7, 11) is 3.17. The molecule has 2 aromatic rings. The molecule has 3 nitrogen and oxygen atoms in total. The maximum atomic E-state index is 6.26. The van der Waals surface area contributed by atoms with E-state index >= 15 is 0 Å². The van der Waals surface area contributed by atoms with E-state index in [0.29, 0.717) is 28.1 Å². The van der Waals surface area contributed by atoms with Gasteiger partial charge in [0.15, 0.2) is 11.5 Å². The molecule has 0 bridgehead atoms. The molecule has 0 aliphatic rings. The molecule has 20 heavy (non-hydrogen) atoms. The zero-order valence-corrected chi connectivity index (χ0v) is 12.8. The lowest BCUT2D eigenvalue weighted by molar-refractivity contribution is 0.354. The molecule has 0 amide bonds. The number of hydrogen-bond donors (Lipinski definition) is 1. The Hall–Kier alpha value is -1.42. The molecule has 0 unspecified atom stereocenters. The monoisotopic (exact) mass is 311 g/mol. The summed E-state index contributed by atoms with van der Waals surface area (Å²) in [5, 5.41) is 1.22. The average Bonchev–Trinajstić information content (AvgIpc) is 2.48. The van der Waals surface area contributed by atoms with Gasteiger partial charge in [0, 0.05) is 22.2 Å². The molecule has 0 saturated heterocycles. The lowest BCUT2D eigenvalue weighted by Gasteiger charge is -2.15. The van der Waals surface area contributed by atoms with E-state index in [-0.39, 0.29) is 0 Å². The SMILES string of the molecule is COc1cc(CN)c(-c2cc(Cl)ccc2Cl)cc1OC. The van der Waals surface area contributed by atoms with Gasteiger partial charge in [-0.15, -0.1) is 0 Å². The smallest absolute Gasteiger partial charge is 0.161 e. The second kappa shape index (κ2) is 6.35. The van der Waals surface area contributed by atoms with Crippen LogP contribution in [0.2, 0.25) is 10.0 Å². The summed E-state index contributed by atoms with van der Waals surface area (Å²) >= 11 is 12.3. The number of ether oxygens (including phenoxy) is 2. The first-order valence-electron chi connectivity index (χ1n) is 6.01. The van der Waals surface area contributed by atoms with Crippen LogP contribution in [-0.2, 0) is 6.54 Å². The van der Waals surface area contributed by atoms with Crippen LogP contribution in [0, 0.1) is 0 Å². The first-order chi connectivity index (χ1) is 9.60. The van der Waals surface area contributed by atoms with Gasteiger partial charge in [-0.1, -0.05) is 23.2 Å². The standard InChI is InChI=1S/C15H15Cl2NO2/c1-19-14-5-9(8-18)11(7-15(14)20-2)12-6-10(16)3-4-13(12)17/h3-7H,8,18H2,1-2H3. The van der Waals surface area contributed by atoms with Crippen molar-refractivity contribution in [3.63, 3.8) is 0 Å². The highest BCUT2D eigenvalue weighted by atomic mass is 35.5. The van der Waals surface area contributed by atoms with Crippen LogP contribution >= 0.6 is 23.2 Å². The molecule has 0 aliphatic heterocycles. The zero-order valence-electron chi connectivity index (χ0n) is 11.2. The minimum absolute atomic E-state index is 0.360. The van der Waals surface area contributed by atoms with E-state index in [4.69, 9.17) is 38.4 Å². The first kappa shape index (κ1) is 15.0. The summed E-state index contributed by atoms with van der Waals surface area (Å²) in [5.41, 5.74) is 8.43. The molecular weight excluding hydrogens is 297 g/mol. The topological polar surface area (TPSA) is 44.5 Å². The Bertz CT molecular complexity index is 630. The fraction of sp³-hybridized carbons (Fsp3) is 0.200. The molecule has 0 atom stereocenters. The number of halogens is 2. The molecule has 0 heterocycles. The second-order valence-corrected chi connectivity index (χ2v) is 5.04. The van der Waals surface area contributed by atoms with Gasteiger partial charge in [0.25, 0.3) is 0 Å². The van der Waals surface area contributed by atoms with E-state index in [9.17, 15) is 0 Å². The number of methoxy groups -OCH3 is 2. The summed E-state index contributed by atoms with van der Waals surface area (Å²) in [5.74, 6) is 1.26. The van der Waals surface area contributed by atoms with Crippen molar-refractivity contribution in [2.24, 2.45) is 5.73 Å². The van der Waals surface area contributed by atoms with Gasteiger partial charge in [0.2, 0.25) is 0 Å². The first-order valence-corrected chi connectivity index (χ1v) is 6.76. The fourth-order valence-corrected chi connectivity index (χ4v) is 2.44. The molecule has 0 aromatic heterocycles. The summed E-state index contributed by atoms with van der Waals surface area (Å²) in [6.07, 6.45) is 0. The third-order valence-electron chi connectivity index (χ3n) is 3.05. The molecule has 5 heteroatoms. The highest BCUT2D eigenvalue weighted by molar-refractivity contribution is 6.35. The maximum absolute atomic E-state index is 6.26. The lowest BCUT2D eigenvalue weighted by atomic mass is 9.98. The van der Waals surface area contributed by atoms with Crippen molar-refractivity contribution >= 4 is 23.2 Å². The van der Waals surface area contributed by atoms with Crippen LogP contribution in [0.3, 0.4) is 0 Å². The molecule has 0 fully saturated rings. The van der Waals surface area contributed by atoms with Crippen LogP contribution in [0.5, 0.6) is 11.5 Å². The fourth-order valence-electron chi connectivity index (χ4n) is 2.04. The van der Waals surface area contributed by atoms with Crippen LogP contribution in [0.4, 0.5) is 0 Å². The highest BCUT2D eigenvalue weighted by Crippen LogP contribution is 2.39. The van der Waals surface area contributed by atoms with Gasteiger partial charge < -0.3 is 15.2 Å². The molecule has 2 N–H and O–H groups in total. The van der Waals surface area contributed by atoms with E-state index < -0.39 is 0 Å². The van der Waals surface area contributed by atoms with Crippen molar-refractivity contribution in [2.75, 3.05) is 14.2 Å². The van der Waals surface area contributed by atoms with Gasteiger partial charge in [0.1, 0.15) is 0 Å². The van der Waals surface area contributed by atoms with Crippen molar-refractivity contribution < 1.29 is 9.47 Å². The van der Waals surface area contributed by atoms with Crippen LogP contribution in [0.1, 0.15) is 5.56 Å². The third kappa shape index (κ3) is 2.85. The molecule has 0 saturated carbocycles. The van der Waals surface area contributed by atoms with Crippen molar-refractivity contribution in [3.8, 4) is 22.6 Å². The Morgan fingerprint density at radius 1 is 0.950 bits per heavy atom. The van der Waals surface area contributed by atoms with Gasteiger partial charge >= 0.3 is 0 Å². The van der Waals surface area contributed by atoms with Crippen LogP contribution in [0.25, 0.3) is 11.1 Å². The van der Waals surface area contributed by atoms with Crippen molar-refractivity contribution in [2.45, 2.75) is 6.54 Å². The Kier molecular flexibility index (Phi) is 4.76. The molecule has 0 spiro atoms. The molecular formula is C15H15Cl2NO2.